The summed E-state index contributed by atoms with van der Waals surface area (Å²) in [5.41, 5.74) is 1.30. The molecule has 0 aliphatic carbocycles. The van der Waals surface area contributed by atoms with Gasteiger partial charge in [-0.25, -0.2) is 0 Å². The molecule has 1 rings (SSSR count). The topological polar surface area (TPSA) is 30.5 Å². The van der Waals surface area contributed by atoms with E-state index in [9.17, 15) is 0 Å². The maximum absolute atomic E-state index is 5.23. The molecule has 3 nitrogen and oxygen atoms in total. The van der Waals surface area contributed by atoms with Crippen molar-refractivity contribution >= 4 is 11.8 Å². The van der Waals surface area contributed by atoms with Crippen LogP contribution in [-0.4, -0.2) is 39.2 Å². The second kappa shape index (κ2) is 9.39. The zero-order valence-electron chi connectivity index (χ0n) is 11.4. The van der Waals surface area contributed by atoms with E-state index in [1.165, 1.54) is 10.5 Å². The third-order valence-corrected chi connectivity index (χ3v) is 3.86. The van der Waals surface area contributed by atoms with Gasteiger partial charge >= 0.3 is 0 Å². The van der Waals surface area contributed by atoms with E-state index >= 15 is 0 Å². The zero-order valence-corrected chi connectivity index (χ0v) is 12.3. The summed E-state index contributed by atoms with van der Waals surface area (Å²) in [4.78, 5) is 1.29. The molecule has 1 aromatic carbocycles. The summed E-state index contributed by atoms with van der Waals surface area (Å²) in [5.74, 6) is 0.988. The van der Waals surface area contributed by atoms with Gasteiger partial charge in [0.25, 0.3) is 0 Å². The van der Waals surface area contributed by atoms with Crippen LogP contribution in [0.2, 0.25) is 0 Å². The Kier molecular flexibility index (Phi) is 8.09. The summed E-state index contributed by atoms with van der Waals surface area (Å²) in [6, 6.07) is 8.67. The Morgan fingerprint density at radius 3 is 2.56 bits per heavy atom. The molecule has 0 saturated carbocycles. The molecule has 0 aromatic heterocycles. The Morgan fingerprint density at radius 1 is 1.22 bits per heavy atom. The Morgan fingerprint density at radius 2 is 1.94 bits per heavy atom. The highest BCUT2D eigenvalue weighted by Crippen LogP contribution is 2.19. The van der Waals surface area contributed by atoms with Gasteiger partial charge in [0.1, 0.15) is 0 Å². The lowest BCUT2D eigenvalue weighted by atomic mass is 10.2. The molecule has 1 N–H and O–H groups in total. The van der Waals surface area contributed by atoms with Gasteiger partial charge in [-0.05, 0) is 24.6 Å². The van der Waals surface area contributed by atoms with Gasteiger partial charge in [-0.3, -0.25) is 0 Å². The van der Waals surface area contributed by atoms with E-state index in [0.29, 0.717) is 6.10 Å². The molecule has 0 saturated heterocycles. The number of benzene rings is 1. The van der Waals surface area contributed by atoms with Gasteiger partial charge in [0.05, 0.1) is 12.7 Å². The molecule has 102 valence electrons. The number of hydrogen-bond donors (Lipinski definition) is 1. The predicted octanol–water partition coefficient (Wildman–Crippen LogP) is 2.55. The van der Waals surface area contributed by atoms with Gasteiger partial charge in [-0.1, -0.05) is 12.1 Å². The number of nitrogens with one attached hydrogen (secondary N) is 1. The smallest absolute Gasteiger partial charge is 0.0637 e. The van der Waals surface area contributed by atoms with Crippen molar-refractivity contribution in [1.29, 1.82) is 0 Å². The molecule has 0 radical (unpaired) electrons. The first-order valence-electron chi connectivity index (χ1n) is 6.20. The van der Waals surface area contributed by atoms with E-state index in [4.69, 9.17) is 9.47 Å². The Hall–Kier alpha value is -0.550. The summed E-state index contributed by atoms with van der Waals surface area (Å²) in [5, 5.41) is 3.33. The van der Waals surface area contributed by atoms with E-state index in [0.717, 1.165) is 25.4 Å². The van der Waals surface area contributed by atoms with Crippen LogP contribution in [0.15, 0.2) is 29.2 Å². The second-order valence-electron chi connectivity index (χ2n) is 4.17. The molecular formula is C14H23NO2S. The first-order valence-corrected chi connectivity index (χ1v) is 7.19. The van der Waals surface area contributed by atoms with Gasteiger partial charge in [0, 0.05) is 38.0 Å². The monoisotopic (exact) mass is 269 g/mol. The fraction of sp³-hybridized carbons (Fsp3) is 0.571. The SMILES string of the molecule is COCCNCc1ccc(SCC(C)OC)cc1. The van der Waals surface area contributed by atoms with Gasteiger partial charge in [-0.2, -0.15) is 0 Å². The largest absolute Gasteiger partial charge is 0.383 e. The second-order valence-corrected chi connectivity index (χ2v) is 5.26. The Bertz CT molecular complexity index is 316. The van der Waals surface area contributed by atoms with Crippen LogP contribution in [0.25, 0.3) is 0 Å². The van der Waals surface area contributed by atoms with Crippen LogP contribution in [0.4, 0.5) is 0 Å². The molecule has 0 heterocycles. The molecule has 4 heteroatoms. The van der Waals surface area contributed by atoms with Crippen molar-refractivity contribution in [3.05, 3.63) is 29.8 Å². The third kappa shape index (κ3) is 6.40. The highest BCUT2D eigenvalue weighted by Gasteiger charge is 2.01. The van der Waals surface area contributed by atoms with Gasteiger partial charge in [0.15, 0.2) is 0 Å². The van der Waals surface area contributed by atoms with E-state index < -0.39 is 0 Å². The highest BCUT2D eigenvalue weighted by atomic mass is 32.2. The maximum atomic E-state index is 5.23. The minimum Gasteiger partial charge on any atom is -0.383 e. The fourth-order valence-corrected chi connectivity index (χ4v) is 2.28. The van der Waals surface area contributed by atoms with Crippen molar-refractivity contribution in [3.8, 4) is 0 Å². The lowest BCUT2D eigenvalue weighted by Gasteiger charge is -2.09. The quantitative estimate of drug-likeness (QED) is 0.551. The minimum absolute atomic E-state index is 0.297. The molecule has 0 spiro atoms. The normalized spacial score (nSPS) is 12.6. The average molecular weight is 269 g/mol. The molecule has 0 fully saturated rings. The number of thioether (sulfide) groups is 1. The van der Waals surface area contributed by atoms with Crippen LogP contribution >= 0.6 is 11.8 Å². The summed E-state index contributed by atoms with van der Waals surface area (Å²) < 4.78 is 10.2. The lowest BCUT2D eigenvalue weighted by molar-refractivity contribution is 0.138. The first kappa shape index (κ1) is 15.5. The molecule has 0 bridgehead atoms. The van der Waals surface area contributed by atoms with Crippen LogP contribution in [0, 0.1) is 0 Å². The van der Waals surface area contributed by atoms with Crippen LogP contribution in [0.1, 0.15) is 12.5 Å². The molecule has 0 aliphatic heterocycles. The van der Waals surface area contributed by atoms with Crippen LogP contribution in [-0.2, 0) is 16.0 Å². The number of methoxy groups -OCH3 is 2. The van der Waals surface area contributed by atoms with Crippen molar-refractivity contribution < 1.29 is 9.47 Å². The van der Waals surface area contributed by atoms with Crippen molar-refractivity contribution in [2.45, 2.75) is 24.5 Å². The molecule has 1 unspecified atom stereocenters. The van der Waals surface area contributed by atoms with Crippen LogP contribution in [0.5, 0.6) is 0 Å². The van der Waals surface area contributed by atoms with E-state index in [1.807, 2.05) is 11.8 Å². The molecule has 1 atom stereocenters. The summed E-state index contributed by atoms with van der Waals surface area (Å²) in [6.45, 7) is 4.62. The fourth-order valence-electron chi connectivity index (χ4n) is 1.39. The van der Waals surface area contributed by atoms with E-state index in [-0.39, 0.29) is 0 Å². The van der Waals surface area contributed by atoms with Gasteiger partial charge < -0.3 is 14.8 Å². The van der Waals surface area contributed by atoms with Crippen molar-refractivity contribution in [2.75, 3.05) is 33.1 Å². The summed E-state index contributed by atoms with van der Waals surface area (Å²) >= 11 is 1.83. The van der Waals surface area contributed by atoms with Crippen LogP contribution < -0.4 is 5.32 Å². The van der Waals surface area contributed by atoms with Gasteiger partial charge in [-0.15, -0.1) is 11.8 Å². The summed E-state index contributed by atoms with van der Waals surface area (Å²) in [7, 11) is 3.47. The lowest BCUT2D eigenvalue weighted by Crippen LogP contribution is -2.18. The molecule has 1 aromatic rings. The number of hydrogen-bond acceptors (Lipinski definition) is 4. The zero-order chi connectivity index (χ0) is 13.2. The Labute approximate surface area is 114 Å². The predicted molar refractivity (Wildman–Crippen MR) is 77.2 cm³/mol. The molecular weight excluding hydrogens is 246 g/mol. The Balaban J connectivity index is 2.28. The van der Waals surface area contributed by atoms with E-state index in [1.54, 1.807) is 14.2 Å². The van der Waals surface area contributed by atoms with Crippen molar-refractivity contribution in [1.82, 2.24) is 5.32 Å². The van der Waals surface area contributed by atoms with Crippen molar-refractivity contribution in [3.63, 3.8) is 0 Å². The first-order chi connectivity index (χ1) is 8.76. The number of ether oxygens (including phenoxy) is 2. The minimum atomic E-state index is 0.297. The molecule has 18 heavy (non-hydrogen) atoms. The maximum Gasteiger partial charge on any atom is 0.0637 e. The molecule has 0 aliphatic rings. The average Bonchev–Trinajstić information content (AvgIpc) is 2.42. The van der Waals surface area contributed by atoms with E-state index in [2.05, 4.69) is 36.5 Å². The molecule has 0 amide bonds. The third-order valence-electron chi connectivity index (χ3n) is 2.62. The van der Waals surface area contributed by atoms with Crippen molar-refractivity contribution in [2.24, 2.45) is 0 Å². The van der Waals surface area contributed by atoms with Gasteiger partial charge in [0.2, 0.25) is 0 Å². The summed E-state index contributed by atoms with van der Waals surface area (Å²) in [6.07, 6.45) is 0.297. The highest BCUT2D eigenvalue weighted by molar-refractivity contribution is 7.99. The van der Waals surface area contributed by atoms with Crippen LogP contribution in [0.3, 0.4) is 0 Å². The number of rotatable bonds is 9. The standard InChI is InChI=1S/C14H23NO2S/c1-12(17-3)11-18-14-6-4-13(5-7-14)10-15-8-9-16-2/h4-7,12,15H,8-11H2,1-3H3.